The van der Waals surface area contributed by atoms with Crippen LogP contribution in [0.15, 0.2) is 24.8 Å². The first-order valence-corrected chi connectivity index (χ1v) is 12.3. The molecule has 3 aromatic rings. The summed E-state index contributed by atoms with van der Waals surface area (Å²) in [5.41, 5.74) is 6.28. The molecule has 2 saturated heterocycles. The maximum Gasteiger partial charge on any atom is 0.263 e. The van der Waals surface area contributed by atoms with Crippen LogP contribution in [-0.4, -0.2) is 86.5 Å². The summed E-state index contributed by atoms with van der Waals surface area (Å²) in [6.45, 7) is 2.56. The lowest BCUT2D eigenvalue weighted by Gasteiger charge is -2.38. The van der Waals surface area contributed by atoms with Crippen LogP contribution >= 0.6 is 0 Å². The van der Waals surface area contributed by atoms with Crippen molar-refractivity contribution in [3.05, 3.63) is 42.0 Å². The highest BCUT2D eigenvalue weighted by Crippen LogP contribution is 2.38. The molecular weight excluding hydrogens is 484 g/mol. The zero-order chi connectivity index (χ0) is 25.8. The minimum absolute atomic E-state index is 0.0509. The SMILES string of the molecule is CN1CCN(C(=O)C2CCN(c3c(F)cncc3NC(=O)c3c(N)nn4cc(F)cnc34)CC2)C2CC21. The van der Waals surface area contributed by atoms with Gasteiger partial charge >= 0.3 is 0 Å². The molecule has 1 saturated carbocycles. The number of nitrogens with zero attached hydrogens (tertiary/aromatic N) is 7. The van der Waals surface area contributed by atoms with Crippen LogP contribution in [0.1, 0.15) is 29.6 Å². The normalized spacial score (nSPS) is 22.2. The number of halogens is 2. The van der Waals surface area contributed by atoms with Crippen LogP contribution < -0.4 is 16.0 Å². The second-order valence-electron chi connectivity index (χ2n) is 9.92. The second kappa shape index (κ2) is 8.91. The average molecular weight is 512 g/mol. The van der Waals surface area contributed by atoms with Crippen molar-refractivity contribution in [2.24, 2.45) is 5.92 Å². The van der Waals surface area contributed by atoms with Crippen molar-refractivity contribution < 1.29 is 18.4 Å². The largest absolute Gasteiger partial charge is 0.381 e. The van der Waals surface area contributed by atoms with Crippen LogP contribution in [-0.2, 0) is 4.79 Å². The molecule has 13 heteroatoms. The first-order valence-electron chi connectivity index (χ1n) is 12.3. The molecule has 0 bridgehead atoms. The van der Waals surface area contributed by atoms with Crippen LogP contribution in [0.2, 0.25) is 0 Å². The van der Waals surface area contributed by atoms with Gasteiger partial charge < -0.3 is 20.9 Å². The summed E-state index contributed by atoms with van der Waals surface area (Å²) < 4.78 is 29.6. The number of carbonyl (C=O) groups excluding carboxylic acids is 2. The lowest BCUT2D eigenvalue weighted by atomic mass is 9.94. The van der Waals surface area contributed by atoms with Gasteiger partial charge in [0.1, 0.15) is 11.3 Å². The zero-order valence-corrected chi connectivity index (χ0v) is 20.3. The molecule has 0 radical (unpaired) electrons. The van der Waals surface area contributed by atoms with Gasteiger partial charge in [-0.1, -0.05) is 0 Å². The summed E-state index contributed by atoms with van der Waals surface area (Å²) in [6, 6.07) is 0.799. The van der Waals surface area contributed by atoms with E-state index in [-0.39, 0.29) is 40.2 Å². The number of nitrogens with one attached hydrogen (secondary N) is 1. The van der Waals surface area contributed by atoms with Crippen LogP contribution in [0.25, 0.3) is 5.65 Å². The molecule has 3 aliphatic rings. The maximum atomic E-state index is 15.0. The molecule has 37 heavy (non-hydrogen) atoms. The first kappa shape index (κ1) is 23.5. The van der Waals surface area contributed by atoms with Crippen molar-refractivity contribution in [3.63, 3.8) is 0 Å². The van der Waals surface area contributed by atoms with Gasteiger partial charge in [0.25, 0.3) is 5.91 Å². The number of nitrogens with two attached hydrogens (primary N) is 1. The third-order valence-electron chi connectivity index (χ3n) is 7.64. The Labute approximate surface area is 211 Å². The number of piperidine rings is 1. The van der Waals surface area contributed by atoms with Crippen molar-refractivity contribution in [2.75, 3.05) is 49.2 Å². The highest BCUT2D eigenvalue weighted by Gasteiger charge is 2.50. The summed E-state index contributed by atoms with van der Waals surface area (Å²) in [6.07, 6.45) is 6.69. The third kappa shape index (κ3) is 4.12. The fourth-order valence-electron chi connectivity index (χ4n) is 5.61. The first-order chi connectivity index (χ1) is 17.8. The Morgan fingerprint density at radius 1 is 1.08 bits per heavy atom. The highest BCUT2D eigenvalue weighted by molar-refractivity contribution is 6.12. The molecule has 2 atom stereocenters. The maximum absolute atomic E-state index is 15.0. The second-order valence-corrected chi connectivity index (χ2v) is 9.92. The summed E-state index contributed by atoms with van der Waals surface area (Å²) in [5, 5.41) is 6.60. The molecule has 3 aromatic heterocycles. The molecule has 3 fully saturated rings. The Morgan fingerprint density at radius 3 is 2.65 bits per heavy atom. The van der Waals surface area contributed by atoms with Gasteiger partial charge in [-0.3, -0.25) is 19.5 Å². The van der Waals surface area contributed by atoms with Crippen LogP contribution in [0, 0.1) is 17.6 Å². The number of amides is 2. The number of carbonyl (C=O) groups is 2. The number of likely N-dealkylation sites (N-methyl/N-ethyl adjacent to an activating group) is 1. The van der Waals surface area contributed by atoms with Gasteiger partial charge in [0.15, 0.2) is 23.1 Å². The lowest BCUT2D eigenvalue weighted by Crippen LogP contribution is -2.50. The van der Waals surface area contributed by atoms with Crippen molar-refractivity contribution in [1.29, 1.82) is 0 Å². The minimum atomic E-state index is -0.667. The topological polar surface area (TPSA) is 125 Å². The summed E-state index contributed by atoms with van der Waals surface area (Å²) in [4.78, 5) is 40.3. The molecule has 2 amide bonds. The van der Waals surface area contributed by atoms with Crippen molar-refractivity contribution >= 4 is 34.7 Å². The number of fused-ring (bicyclic) bond motifs is 2. The van der Waals surface area contributed by atoms with Crippen molar-refractivity contribution in [2.45, 2.75) is 31.3 Å². The summed E-state index contributed by atoms with van der Waals surface area (Å²) >= 11 is 0. The molecule has 0 spiro atoms. The molecule has 2 unspecified atom stereocenters. The standard InChI is InChI=1S/C24H27F2N9O2/c1-32-6-7-34(18-8-17(18)32)24(37)13-2-4-33(5-3-13)20-15(26)10-28-11-16(20)30-23(36)19-21(27)31-35-12-14(25)9-29-22(19)35/h9-13,17-18H,2-8H2,1H3,(H2,27,31)(H,30,36). The predicted molar refractivity (Wildman–Crippen MR) is 131 cm³/mol. The number of hydrogen-bond donors (Lipinski definition) is 2. The van der Waals surface area contributed by atoms with E-state index in [4.69, 9.17) is 5.73 Å². The van der Waals surface area contributed by atoms with Crippen LogP contribution in [0.3, 0.4) is 0 Å². The average Bonchev–Trinajstić information content (AvgIpc) is 3.61. The summed E-state index contributed by atoms with van der Waals surface area (Å²) in [5.74, 6) is -1.94. The molecule has 3 N–H and O–H groups in total. The monoisotopic (exact) mass is 511 g/mol. The zero-order valence-electron chi connectivity index (χ0n) is 20.3. The summed E-state index contributed by atoms with van der Waals surface area (Å²) in [7, 11) is 2.10. The molecule has 194 valence electrons. The number of aromatic nitrogens is 4. The van der Waals surface area contributed by atoms with Crippen molar-refractivity contribution in [3.8, 4) is 0 Å². The number of hydrogen-bond acceptors (Lipinski definition) is 8. The van der Waals surface area contributed by atoms with Crippen LogP contribution in [0.4, 0.5) is 26.0 Å². The van der Waals surface area contributed by atoms with Gasteiger partial charge in [-0.05, 0) is 26.3 Å². The quantitative estimate of drug-likeness (QED) is 0.538. The lowest BCUT2D eigenvalue weighted by molar-refractivity contribution is -0.138. The van der Waals surface area contributed by atoms with Gasteiger partial charge in [0.05, 0.1) is 30.5 Å². The molecule has 5 heterocycles. The number of pyridine rings is 1. The smallest absolute Gasteiger partial charge is 0.263 e. The number of anilines is 3. The van der Waals surface area contributed by atoms with E-state index >= 15 is 4.39 Å². The Morgan fingerprint density at radius 2 is 1.86 bits per heavy atom. The van der Waals surface area contributed by atoms with Gasteiger partial charge in [0.2, 0.25) is 5.91 Å². The van der Waals surface area contributed by atoms with Gasteiger partial charge in [-0.2, -0.15) is 0 Å². The van der Waals surface area contributed by atoms with Crippen molar-refractivity contribution in [1.82, 2.24) is 29.4 Å². The Balaban J connectivity index is 1.18. The van der Waals surface area contributed by atoms with Gasteiger partial charge in [0, 0.05) is 44.2 Å². The number of piperazine rings is 1. The number of nitrogen functional groups attached to an aromatic ring is 1. The molecular formula is C24H27F2N9O2. The van der Waals surface area contributed by atoms with Crippen LogP contribution in [0.5, 0.6) is 0 Å². The predicted octanol–water partition coefficient (Wildman–Crippen LogP) is 1.37. The molecule has 11 nitrogen and oxygen atoms in total. The minimum Gasteiger partial charge on any atom is -0.381 e. The van der Waals surface area contributed by atoms with E-state index in [1.165, 1.54) is 6.20 Å². The fraction of sp³-hybridized carbons (Fsp3) is 0.458. The Hall–Kier alpha value is -3.87. The van der Waals surface area contributed by atoms with E-state index in [0.29, 0.717) is 38.0 Å². The third-order valence-corrected chi connectivity index (χ3v) is 7.64. The molecule has 1 aliphatic carbocycles. The molecule has 2 aliphatic heterocycles. The molecule has 6 rings (SSSR count). The van der Waals surface area contributed by atoms with E-state index in [9.17, 15) is 14.0 Å². The highest BCUT2D eigenvalue weighted by atomic mass is 19.1. The van der Waals surface area contributed by atoms with E-state index in [1.807, 2.05) is 9.80 Å². The Bertz CT molecular complexity index is 1390. The van der Waals surface area contributed by atoms with E-state index in [2.05, 4.69) is 32.3 Å². The fourth-order valence-corrected chi connectivity index (χ4v) is 5.61. The van der Waals surface area contributed by atoms with Gasteiger partial charge in [-0.15, -0.1) is 5.10 Å². The molecule has 0 aromatic carbocycles. The Kier molecular flexibility index (Phi) is 5.66. The van der Waals surface area contributed by atoms with E-state index in [0.717, 1.165) is 42.6 Å². The number of rotatable bonds is 4. The van der Waals surface area contributed by atoms with E-state index < -0.39 is 17.5 Å². The van der Waals surface area contributed by atoms with E-state index in [1.54, 1.807) is 0 Å². The van der Waals surface area contributed by atoms with Gasteiger partial charge in [-0.25, -0.2) is 18.3 Å².